The third kappa shape index (κ3) is 5.16. The molecule has 0 aliphatic carbocycles. The maximum absolute atomic E-state index is 12.7. The molecule has 1 aromatic heterocycles. The highest BCUT2D eigenvalue weighted by atomic mass is 35.5. The first kappa shape index (κ1) is 23.6. The normalized spacial score (nSPS) is 18.8. The first-order valence-corrected chi connectivity index (χ1v) is 11.9. The number of aromatic nitrogens is 2. The van der Waals surface area contributed by atoms with Crippen molar-refractivity contribution < 1.29 is 14.6 Å². The second-order valence-corrected chi connectivity index (χ2v) is 8.78. The second kappa shape index (κ2) is 10.6. The first-order chi connectivity index (χ1) is 16.0. The highest BCUT2D eigenvalue weighted by Crippen LogP contribution is 2.31. The van der Waals surface area contributed by atoms with Gasteiger partial charge in [-0.15, -0.1) is 0 Å². The number of carbonyl (C=O) groups is 1. The van der Waals surface area contributed by atoms with Gasteiger partial charge in [-0.1, -0.05) is 23.4 Å². The molecule has 2 saturated heterocycles. The van der Waals surface area contributed by atoms with E-state index < -0.39 is 0 Å². The standard InChI is InChI=1S/C24H30ClN5O3/c1-3-26-22-23(28-20-15-18(25)16(6-4-12-31)14-19(20)27-22)30-10-8-17(9-11-30)29(2)24(32)21-7-5-13-33-21/h14-15,17,21,31H,3,5,7-13H2,1-2H3,(H,26,27)/t21-/m1/s1. The number of fused-ring (bicyclic) bond motifs is 1. The smallest absolute Gasteiger partial charge is 0.251 e. The number of ether oxygens (including phenoxy) is 1. The van der Waals surface area contributed by atoms with Gasteiger partial charge in [-0.3, -0.25) is 4.79 Å². The van der Waals surface area contributed by atoms with Crippen molar-refractivity contribution >= 4 is 40.2 Å². The number of hydrogen-bond acceptors (Lipinski definition) is 7. The van der Waals surface area contributed by atoms with Crippen LogP contribution >= 0.6 is 11.6 Å². The summed E-state index contributed by atoms with van der Waals surface area (Å²) in [5.41, 5.74) is 2.00. The van der Waals surface area contributed by atoms with Gasteiger partial charge in [-0.25, -0.2) is 9.97 Å². The summed E-state index contributed by atoms with van der Waals surface area (Å²) in [7, 11) is 1.89. The van der Waals surface area contributed by atoms with Crippen molar-refractivity contribution in [3.05, 3.63) is 22.7 Å². The van der Waals surface area contributed by atoms with Gasteiger partial charge in [0.15, 0.2) is 11.6 Å². The molecular weight excluding hydrogens is 442 g/mol. The van der Waals surface area contributed by atoms with Crippen molar-refractivity contribution in [2.75, 3.05) is 50.1 Å². The van der Waals surface area contributed by atoms with E-state index in [0.29, 0.717) is 34.8 Å². The summed E-state index contributed by atoms with van der Waals surface area (Å²) in [6.07, 6.45) is 3.21. The van der Waals surface area contributed by atoms with E-state index in [0.717, 1.165) is 50.4 Å². The Morgan fingerprint density at radius 3 is 2.73 bits per heavy atom. The van der Waals surface area contributed by atoms with Gasteiger partial charge in [0.05, 0.1) is 16.1 Å². The van der Waals surface area contributed by atoms with Gasteiger partial charge in [0.2, 0.25) is 0 Å². The Labute approximate surface area is 199 Å². The summed E-state index contributed by atoms with van der Waals surface area (Å²) in [6, 6.07) is 3.76. The van der Waals surface area contributed by atoms with Gasteiger partial charge in [-0.05, 0) is 44.7 Å². The van der Waals surface area contributed by atoms with E-state index in [9.17, 15) is 4.79 Å². The minimum Gasteiger partial charge on any atom is -0.384 e. The number of likely N-dealkylation sites (N-methyl/N-ethyl adjacent to an activating group) is 1. The Kier molecular flexibility index (Phi) is 7.53. The zero-order chi connectivity index (χ0) is 23.4. The third-order valence-electron chi connectivity index (χ3n) is 6.25. The van der Waals surface area contributed by atoms with Gasteiger partial charge in [0.1, 0.15) is 12.7 Å². The number of piperidine rings is 1. The Bertz CT molecular complexity index is 1070. The molecule has 0 bridgehead atoms. The third-order valence-corrected chi connectivity index (χ3v) is 6.56. The monoisotopic (exact) mass is 471 g/mol. The number of nitrogens with one attached hydrogen (secondary N) is 1. The molecular formula is C24H30ClN5O3. The van der Waals surface area contributed by atoms with Crippen LogP contribution in [0.5, 0.6) is 0 Å². The lowest BCUT2D eigenvalue weighted by Gasteiger charge is -2.38. The fraction of sp³-hybridized carbons (Fsp3) is 0.542. The number of nitrogens with zero attached hydrogens (tertiary/aromatic N) is 4. The second-order valence-electron chi connectivity index (χ2n) is 8.38. The molecule has 8 nitrogen and oxygen atoms in total. The summed E-state index contributed by atoms with van der Waals surface area (Å²) >= 11 is 6.39. The summed E-state index contributed by atoms with van der Waals surface area (Å²) < 4.78 is 5.58. The highest BCUT2D eigenvalue weighted by Gasteiger charge is 2.32. The molecule has 2 aliphatic rings. The van der Waals surface area contributed by atoms with Crippen LogP contribution in [0.3, 0.4) is 0 Å². The van der Waals surface area contributed by atoms with Crippen LogP contribution in [0.4, 0.5) is 11.6 Å². The SMILES string of the molecule is CCNc1nc2cc(C#CCO)c(Cl)cc2nc1N1CCC(N(C)C(=O)[C@H]2CCCO2)CC1. The number of anilines is 2. The average molecular weight is 472 g/mol. The predicted octanol–water partition coefficient (Wildman–Crippen LogP) is 2.67. The van der Waals surface area contributed by atoms with Gasteiger partial charge < -0.3 is 25.0 Å². The molecule has 176 valence electrons. The van der Waals surface area contributed by atoms with Crippen LogP contribution in [0, 0.1) is 11.8 Å². The number of benzene rings is 1. The van der Waals surface area contributed by atoms with Gasteiger partial charge in [-0.2, -0.15) is 0 Å². The fourth-order valence-corrected chi connectivity index (χ4v) is 4.65. The molecule has 9 heteroatoms. The fourth-order valence-electron chi connectivity index (χ4n) is 4.45. The van der Waals surface area contributed by atoms with Crippen molar-refractivity contribution in [1.82, 2.24) is 14.9 Å². The van der Waals surface area contributed by atoms with Gasteiger partial charge >= 0.3 is 0 Å². The van der Waals surface area contributed by atoms with Crippen molar-refractivity contribution in [2.45, 2.75) is 44.8 Å². The number of hydrogen-bond donors (Lipinski definition) is 2. The lowest BCUT2D eigenvalue weighted by molar-refractivity contribution is -0.142. The lowest BCUT2D eigenvalue weighted by Crippen LogP contribution is -2.48. The molecule has 3 heterocycles. The average Bonchev–Trinajstić information content (AvgIpc) is 3.37. The maximum Gasteiger partial charge on any atom is 0.251 e. The first-order valence-electron chi connectivity index (χ1n) is 11.5. The quantitative estimate of drug-likeness (QED) is 0.648. The largest absolute Gasteiger partial charge is 0.384 e. The summed E-state index contributed by atoms with van der Waals surface area (Å²) in [6.45, 7) is 4.74. The highest BCUT2D eigenvalue weighted by molar-refractivity contribution is 6.32. The van der Waals surface area contributed by atoms with E-state index in [-0.39, 0.29) is 24.7 Å². The molecule has 2 N–H and O–H groups in total. The van der Waals surface area contributed by atoms with Gasteiger partial charge in [0.25, 0.3) is 5.91 Å². The summed E-state index contributed by atoms with van der Waals surface area (Å²) in [5, 5.41) is 12.8. The Hall–Kier alpha value is -2.60. The molecule has 1 amide bonds. The molecule has 0 unspecified atom stereocenters. The summed E-state index contributed by atoms with van der Waals surface area (Å²) in [5.74, 6) is 7.09. The Morgan fingerprint density at radius 1 is 1.30 bits per heavy atom. The predicted molar refractivity (Wildman–Crippen MR) is 130 cm³/mol. The van der Waals surface area contributed by atoms with Crippen LogP contribution in [0.15, 0.2) is 12.1 Å². The van der Waals surface area contributed by atoms with Crippen molar-refractivity contribution in [1.29, 1.82) is 0 Å². The number of aliphatic hydroxyl groups excluding tert-OH is 1. The number of amides is 1. The van der Waals surface area contributed by atoms with Crippen LogP contribution in [-0.4, -0.2) is 77.9 Å². The molecule has 2 fully saturated rings. The van der Waals surface area contributed by atoms with Crippen molar-refractivity contribution in [3.63, 3.8) is 0 Å². The van der Waals surface area contributed by atoms with E-state index in [2.05, 4.69) is 22.1 Å². The van der Waals surface area contributed by atoms with Crippen LogP contribution in [-0.2, 0) is 9.53 Å². The molecule has 0 radical (unpaired) electrons. The van der Waals surface area contributed by atoms with Crippen LogP contribution in [0.2, 0.25) is 5.02 Å². The molecule has 0 spiro atoms. The van der Waals surface area contributed by atoms with Crippen LogP contribution in [0.1, 0.15) is 38.2 Å². The molecule has 4 rings (SSSR count). The van der Waals surface area contributed by atoms with Crippen LogP contribution < -0.4 is 10.2 Å². The van der Waals surface area contributed by atoms with Gasteiger partial charge in [0, 0.05) is 44.9 Å². The topological polar surface area (TPSA) is 90.8 Å². The zero-order valence-electron chi connectivity index (χ0n) is 19.1. The summed E-state index contributed by atoms with van der Waals surface area (Å²) in [4.78, 5) is 26.5. The van der Waals surface area contributed by atoms with E-state index in [1.165, 1.54) is 0 Å². The number of halogens is 1. The molecule has 1 atom stereocenters. The molecule has 1 aromatic carbocycles. The zero-order valence-corrected chi connectivity index (χ0v) is 19.9. The molecule has 33 heavy (non-hydrogen) atoms. The molecule has 0 saturated carbocycles. The van der Waals surface area contributed by atoms with E-state index in [1.54, 1.807) is 12.1 Å². The molecule has 2 aliphatic heterocycles. The maximum atomic E-state index is 12.7. The van der Waals surface area contributed by atoms with E-state index in [4.69, 9.17) is 31.4 Å². The number of aliphatic hydroxyl groups is 1. The Morgan fingerprint density at radius 2 is 2.06 bits per heavy atom. The number of rotatable bonds is 5. The van der Waals surface area contributed by atoms with E-state index >= 15 is 0 Å². The Balaban J connectivity index is 1.53. The number of carbonyl (C=O) groups excluding carboxylic acids is 1. The van der Waals surface area contributed by atoms with Crippen molar-refractivity contribution in [3.8, 4) is 11.8 Å². The minimum absolute atomic E-state index is 0.0968. The lowest BCUT2D eigenvalue weighted by atomic mass is 10.0. The molecule has 2 aromatic rings. The van der Waals surface area contributed by atoms with Crippen LogP contribution in [0.25, 0.3) is 11.0 Å². The van der Waals surface area contributed by atoms with Crippen molar-refractivity contribution in [2.24, 2.45) is 0 Å². The minimum atomic E-state index is -0.281. The van der Waals surface area contributed by atoms with E-state index in [1.807, 2.05) is 18.9 Å².